The van der Waals surface area contributed by atoms with Crippen LogP contribution in [0.25, 0.3) is 27.7 Å². The largest absolute Gasteiger partial charge is 0.233 e. The summed E-state index contributed by atoms with van der Waals surface area (Å²) in [4.78, 5) is 0. The van der Waals surface area contributed by atoms with E-state index >= 15 is 0 Å². The van der Waals surface area contributed by atoms with Crippen LogP contribution in [0.1, 0.15) is 0 Å². The highest BCUT2D eigenvalue weighted by atomic mass is 79.9. The summed E-state index contributed by atoms with van der Waals surface area (Å²) >= 11 is 3.53. The van der Waals surface area contributed by atoms with Crippen molar-refractivity contribution in [2.45, 2.75) is 0 Å². The molecule has 0 fully saturated rings. The van der Waals surface area contributed by atoms with E-state index in [1.165, 1.54) is 11.1 Å². The van der Waals surface area contributed by atoms with Gasteiger partial charge in [-0.25, -0.2) is 4.68 Å². The van der Waals surface area contributed by atoms with E-state index in [9.17, 15) is 0 Å². The van der Waals surface area contributed by atoms with Crippen LogP contribution in [0.2, 0.25) is 0 Å². The Morgan fingerprint density at radius 1 is 0.773 bits per heavy atom. The van der Waals surface area contributed by atoms with Gasteiger partial charge in [-0.05, 0) is 47.5 Å². The SMILES string of the molecule is Brc1cccc(-c2ccc3c(cnn3-c3ccccc3)c2)c1. The van der Waals surface area contributed by atoms with Gasteiger partial charge in [-0.15, -0.1) is 0 Å². The van der Waals surface area contributed by atoms with E-state index in [1.54, 1.807) is 0 Å². The predicted molar refractivity (Wildman–Crippen MR) is 94.2 cm³/mol. The Kier molecular flexibility index (Phi) is 3.28. The van der Waals surface area contributed by atoms with Crippen LogP contribution in [0.3, 0.4) is 0 Å². The summed E-state index contributed by atoms with van der Waals surface area (Å²) in [6.07, 6.45) is 1.92. The number of rotatable bonds is 2. The number of aromatic nitrogens is 2. The standard InChI is InChI=1S/C19H13BrN2/c20-17-6-4-5-14(12-17)15-9-10-19-16(11-15)13-21-22(19)18-7-2-1-3-8-18/h1-13H. The molecule has 0 N–H and O–H groups in total. The number of hydrogen-bond donors (Lipinski definition) is 0. The molecule has 4 rings (SSSR count). The summed E-state index contributed by atoms with van der Waals surface area (Å²) in [6.45, 7) is 0. The number of para-hydroxylation sites is 1. The smallest absolute Gasteiger partial charge is 0.0741 e. The Labute approximate surface area is 137 Å². The highest BCUT2D eigenvalue weighted by Crippen LogP contribution is 2.27. The number of fused-ring (bicyclic) bond motifs is 1. The van der Waals surface area contributed by atoms with Gasteiger partial charge >= 0.3 is 0 Å². The van der Waals surface area contributed by atoms with Gasteiger partial charge in [0, 0.05) is 9.86 Å². The Balaban J connectivity index is 1.84. The molecule has 3 aromatic carbocycles. The lowest BCUT2D eigenvalue weighted by atomic mass is 10.0. The lowest BCUT2D eigenvalue weighted by Gasteiger charge is -2.05. The molecule has 0 aliphatic heterocycles. The summed E-state index contributed by atoms with van der Waals surface area (Å²) in [5.41, 5.74) is 4.59. The summed E-state index contributed by atoms with van der Waals surface area (Å²) in [6, 6.07) is 25.0. The highest BCUT2D eigenvalue weighted by molar-refractivity contribution is 9.10. The average Bonchev–Trinajstić information content (AvgIpc) is 2.99. The van der Waals surface area contributed by atoms with E-state index < -0.39 is 0 Å². The van der Waals surface area contributed by atoms with Crippen molar-refractivity contribution in [2.24, 2.45) is 0 Å². The van der Waals surface area contributed by atoms with Crippen molar-refractivity contribution in [2.75, 3.05) is 0 Å². The van der Waals surface area contributed by atoms with Crippen molar-refractivity contribution in [3.63, 3.8) is 0 Å². The molecule has 2 nitrogen and oxygen atoms in total. The number of hydrogen-bond acceptors (Lipinski definition) is 1. The van der Waals surface area contributed by atoms with Crippen LogP contribution in [0.4, 0.5) is 0 Å². The van der Waals surface area contributed by atoms with Crippen LogP contribution in [0.5, 0.6) is 0 Å². The van der Waals surface area contributed by atoms with Crippen molar-refractivity contribution in [3.05, 3.63) is 83.5 Å². The molecule has 0 aliphatic rings. The first-order valence-electron chi connectivity index (χ1n) is 7.10. The number of nitrogens with zero attached hydrogens (tertiary/aromatic N) is 2. The second kappa shape index (κ2) is 5.43. The molecule has 1 aromatic heterocycles. The Hall–Kier alpha value is -2.39. The lowest BCUT2D eigenvalue weighted by molar-refractivity contribution is 0.911. The predicted octanol–water partition coefficient (Wildman–Crippen LogP) is 5.46. The quantitative estimate of drug-likeness (QED) is 0.470. The molecule has 0 spiro atoms. The lowest BCUT2D eigenvalue weighted by Crippen LogP contribution is -1.94. The van der Waals surface area contributed by atoms with Gasteiger partial charge in [0.15, 0.2) is 0 Å². The van der Waals surface area contributed by atoms with Crippen LogP contribution in [0, 0.1) is 0 Å². The molecule has 0 saturated carbocycles. The fourth-order valence-electron chi connectivity index (χ4n) is 2.66. The maximum Gasteiger partial charge on any atom is 0.0741 e. The maximum atomic E-state index is 4.53. The van der Waals surface area contributed by atoms with Crippen molar-refractivity contribution in [1.29, 1.82) is 0 Å². The molecule has 22 heavy (non-hydrogen) atoms. The second-order valence-electron chi connectivity index (χ2n) is 5.18. The highest BCUT2D eigenvalue weighted by Gasteiger charge is 2.06. The summed E-state index contributed by atoms with van der Waals surface area (Å²) in [5, 5.41) is 5.67. The summed E-state index contributed by atoms with van der Waals surface area (Å²) in [5.74, 6) is 0. The van der Waals surface area contributed by atoms with Crippen LogP contribution >= 0.6 is 15.9 Å². The monoisotopic (exact) mass is 348 g/mol. The maximum absolute atomic E-state index is 4.53. The fourth-order valence-corrected chi connectivity index (χ4v) is 3.05. The van der Waals surface area contributed by atoms with E-state index in [0.717, 1.165) is 21.1 Å². The average molecular weight is 349 g/mol. The molecule has 1 heterocycles. The van der Waals surface area contributed by atoms with E-state index in [4.69, 9.17) is 0 Å². The summed E-state index contributed by atoms with van der Waals surface area (Å²) in [7, 11) is 0. The zero-order valence-corrected chi connectivity index (χ0v) is 13.4. The third-order valence-electron chi connectivity index (χ3n) is 3.73. The van der Waals surface area contributed by atoms with Gasteiger partial charge in [0.05, 0.1) is 17.4 Å². The Bertz CT molecular complexity index is 942. The minimum absolute atomic E-state index is 1.08. The molecule has 0 bridgehead atoms. The Morgan fingerprint density at radius 3 is 2.41 bits per heavy atom. The molecule has 106 valence electrons. The molecule has 3 heteroatoms. The first-order valence-corrected chi connectivity index (χ1v) is 7.90. The van der Waals surface area contributed by atoms with Crippen molar-refractivity contribution in [3.8, 4) is 16.8 Å². The molecule has 0 unspecified atom stereocenters. The fraction of sp³-hybridized carbons (Fsp3) is 0. The number of benzene rings is 3. The van der Waals surface area contributed by atoms with Crippen molar-refractivity contribution >= 4 is 26.8 Å². The minimum Gasteiger partial charge on any atom is -0.233 e. The molecular formula is C19H13BrN2. The first kappa shape index (κ1) is 13.3. The van der Waals surface area contributed by atoms with Gasteiger partial charge in [-0.3, -0.25) is 0 Å². The van der Waals surface area contributed by atoms with E-state index in [2.05, 4.69) is 69.6 Å². The zero-order valence-electron chi connectivity index (χ0n) is 11.8. The zero-order chi connectivity index (χ0) is 14.9. The van der Waals surface area contributed by atoms with Gasteiger partial charge < -0.3 is 0 Å². The third kappa shape index (κ3) is 2.34. The van der Waals surface area contributed by atoms with Gasteiger partial charge in [0.25, 0.3) is 0 Å². The molecule has 0 radical (unpaired) electrons. The van der Waals surface area contributed by atoms with Gasteiger partial charge in [0.2, 0.25) is 0 Å². The molecule has 0 amide bonds. The molecule has 4 aromatic rings. The van der Waals surface area contributed by atoms with Crippen LogP contribution in [0.15, 0.2) is 83.5 Å². The van der Waals surface area contributed by atoms with Gasteiger partial charge in [0.1, 0.15) is 0 Å². The third-order valence-corrected chi connectivity index (χ3v) is 4.22. The topological polar surface area (TPSA) is 17.8 Å². The van der Waals surface area contributed by atoms with Crippen molar-refractivity contribution in [1.82, 2.24) is 9.78 Å². The second-order valence-corrected chi connectivity index (χ2v) is 6.09. The van der Waals surface area contributed by atoms with Gasteiger partial charge in [-0.2, -0.15) is 5.10 Å². The van der Waals surface area contributed by atoms with Crippen LogP contribution < -0.4 is 0 Å². The van der Waals surface area contributed by atoms with Crippen LogP contribution in [-0.2, 0) is 0 Å². The van der Waals surface area contributed by atoms with E-state index in [-0.39, 0.29) is 0 Å². The molecule has 0 atom stereocenters. The first-order chi connectivity index (χ1) is 10.8. The molecular weight excluding hydrogens is 336 g/mol. The minimum atomic E-state index is 1.08. The van der Waals surface area contributed by atoms with E-state index in [1.807, 2.05) is 35.1 Å². The Morgan fingerprint density at radius 2 is 1.59 bits per heavy atom. The number of halogens is 1. The summed E-state index contributed by atoms with van der Waals surface area (Å²) < 4.78 is 3.06. The van der Waals surface area contributed by atoms with Crippen molar-refractivity contribution < 1.29 is 0 Å². The normalized spacial score (nSPS) is 11.0. The molecule has 0 aliphatic carbocycles. The van der Waals surface area contributed by atoms with Gasteiger partial charge in [-0.1, -0.05) is 52.3 Å². The molecule has 0 saturated heterocycles. The van der Waals surface area contributed by atoms with Crippen LogP contribution in [-0.4, -0.2) is 9.78 Å². The van der Waals surface area contributed by atoms with E-state index in [0.29, 0.717) is 0 Å².